The van der Waals surface area contributed by atoms with Crippen LogP contribution in [0.3, 0.4) is 0 Å². The van der Waals surface area contributed by atoms with Crippen molar-refractivity contribution in [2.24, 2.45) is 5.92 Å². The molecule has 0 saturated carbocycles. The normalized spacial score (nSPS) is 12.5. The summed E-state index contributed by atoms with van der Waals surface area (Å²) in [6.07, 6.45) is 1.52. The minimum absolute atomic E-state index is 0.0712. The second kappa shape index (κ2) is 11.6. The number of para-hydroxylation sites is 1. The van der Waals surface area contributed by atoms with Gasteiger partial charge in [0.25, 0.3) is 0 Å². The van der Waals surface area contributed by atoms with Crippen LogP contribution in [0, 0.1) is 5.92 Å². The number of hydrogen-bond acceptors (Lipinski definition) is 6. The zero-order valence-electron chi connectivity index (χ0n) is 20.3. The van der Waals surface area contributed by atoms with E-state index < -0.39 is 12.1 Å². The van der Waals surface area contributed by atoms with Crippen molar-refractivity contribution in [3.63, 3.8) is 0 Å². The summed E-state index contributed by atoms with van der Waals surface area (Å²) in [7, 11) is 3.97. The molecule has 34 heavy (non-hydrogen) atoms. The highest BCUT2D eigenvalue weighted by molar-refractivity contribution is 7.18. The Morgan fingerprint density at radius 1 is 1.00 bits per heavy atom. The van der Waals surface area contributed by atoms with E-state index in [2.05, 4.69) is 26.1 Å². The number of amides is 3. The molecule has 1 heterocycles. The van der Waals surface area contributed by atoms with Gasteiger partial charge in [0, 0.05) is 31.0 Å². The van der Waals surface area contributed by atoms with Crippen molar-refractivity contribution in [2.75, 3.05) is 29.6 Å². The van der Waals surface area contributed by atoms with Gasteiger partial charge < -0.3 is 15.5 Å². The van der Waals surface area contributed by atoms with Gasteiger partial charge in [0.1, 0.15) is 11.0 Å². The van der Waals surface area contributed by atoms with E-state index in [4.69, 9.17) is 0 Å². The number of rotatable bonds is 9. The molecule has 0 spiro atoms. The minimum Gasteiger partial charge on any atom is -0.378 e. The zero-order chi connectivity index (χ0) is 24.7. The van der Waals surface area contributed by atoms with Crippen LogP contribution < -0.4 is 20.9 Å². The number of carbonyl (C=O) groups excluding carboxylic acids is 2. The Morgan fingerprint density at radius 3 is 2.35 bits per heavy atom. The Labute approximate surface area is 204 Å². The topological polar surface area (TPSA) is 99.2 Å². The van der Waals surface area contributed by atoms with E-state index in [9.17, 15) is 9.59 Å². The molecule has 8 nitrogen and oxygen atoms in total. The van der Waals surface area contributed by atoms with Crippen LogP contribution in [0.5, 0.6) is 0 Å². The van der Waals surface area contributed by atoms with Gasteiger partial charge in [0.05, 0.1) is 0 Å². The van der Waals surface area contributed by atoms with Crippen LogP contribution in [-0.4, -0.2) is 42.3 Å². The third kappa shape index (κ3) is 6.32. The summed E-state index contributed by atoms with van der Waals surface area (Å²) in [6, 6.07) is 14.5. The van der Waals surface area contributed by atoms with Crippen molar-refractivity contribution >= 4 is 39.8 Å². The lowest BCUT2D eigenvalue weighted by molar-refractivity contribution is -0.119. The van der Waals surface area contributed by atoms with Crippen molar-refractivity contribution in [1.82, 2.24) is 15.5 Å². The van der Waals surface area contributed by atoms with Crippen LogP contribution in [0.15, 0.2) is 48.5 Å². The Balaban J connectivity index is 1.68. The maximum Gasteiger partial charge on any atom is 0.319 e. The SMILES string of the molecule is CCc1ccccc1NC(=O)NC(C(=O)Nc1nnc(-c2ccc(N(C)C)cc2)s1)C(C)CC. The zero-order valence-corrected chi connectivity index (χ0v) is 21.1. The fourth-order valence-corrected chi connectivity index (χ4v) is 4.18. The molecule has 0 saturated heterocycles. The van der Waals surface area contributed by atoms with Crippen LogP contribution in [0.2, 0.25) is 0 Å². The number of nitrogens with zero attached hydrogens (tertiary/aromatic N) is 3. The second-order valence-electron chi connectivity index (χ2n) is 8.32. The second-order valence-corrected chi connectivity index (χ2v) is 9.29. The fourth-order valence-electron chi connectivity index (χ4n) is 3.43. The Hall–Kier alpha value is -3.46. The largest absolute Gasteiger partial charge is 0.378 e. The average Bonchev–Trinajstić information content (AvgIpc) is 3.30. The third-order valence-electron chi connectivity index (χ3n) is 5.71. The summed E-state index contributed by atoms with van der Waals surface area (Å²) >= 11 is 1.30. The summed E-state index contributed by atoms with van der Waals surface area (Å²) in [5.74, 6) is -0.392. The molecule has 2 unspecified atom stereocenters. The molecule has 2 atom stereocenters. The fraction of sp³-hybridized carbons (Fsp3) is 0.360. The highest BCUT2D eigenvalue weighted by Gasteiger charge is 2.27. The molecule has 3 rings (SSSR count). The van der Waals surface area contributed by atoms with Crippen LogP contribution in [0.4, 0.5) is 21.3 Å². The summed E-state index contributed by atoms with van der Waals surface area (Å²) in [5, 5.41) is 18.0. The van der Waals surface area contributed by atoms with E-state index in [1.165, 1.54) is 11.3 Å². The van der Waals surface area contributed by atoms with Gasteiger partial charge in [-0.25, -0.2) is 4.79 Å². The molecule has 2 aromatic carbocycles. The molecule has 1 aromatic heterocycles. The quantitative estimate of drug-likeness (QED) is 0.400. The summed E-state index contributed by atoms with van der Waals surface area (Å²) in [5.41, 5.74) is 3.78. The summed E-state index contributed by atoms with van der Waals surface area (Å²) < 4.78 is 0. The Morgan fingerprint density at radius 2 is 1.71 bits per heavy atom. The van der Waals surface area contributed by atoms with Crippen LogP contribution in [0.25, 0.3) is 10.6 Å². The summed E-state index contributed by atoms with van der Waals surface area (Å²) in [6.45, 7) is 5.94. The number of benzene rings is 2. The van der Waals surface area contributed by atoms with Crippen molar-refractivity contribution in [2.45, 2.75) is 39.7 Å². The lowest BCUT2D eigenvalue weighted by atomic mass is 9.98. The van der Waals surface area contributed by atoms with Crippen LogP contribution in [-0.2, 0) is 11.2 Å². The highest BCUT2D eigenvalue weighted by Crippen LogP contribution is 2.28. The van der Waals surface area contributed by atoms with E-state index in [1.807, 2.05) is 88.3 Å². The van der Waals surface area contributed by atoms with Gasteiger partial charge in [0.15, 0.2) is 0 Å². The minimum atomic E-state index is -0.717. The molecule has 0 fully saturated rings. The lowest BCUT2D eigenvalue weighted by Crippen LogP contribution is -2.49. The van der Waals surface area contributed by atoms with Gasteiger partial charge >= 0.3 is 6.03 Å². The Bertz CT molecular complexity index is 1110. The number of aryl methyl sites for hydroxylation is 1. The number of urea groups is 1. The molecule has 9 heteroatoms. The highest BCUT2D eigenvalue weighted by atomic mass is 32.1. The first-order valence-corrected chi connectivity index (χ1v) is 12.2. The first-order valence-electron chi connectivity index (χ1n) is 11.4. The number of hydrogen-bond donors (Lipinski definition) is 3. The van der Waals surface area contributed by atoms with E-state index in [0.717, 1.165) is 35.3 Å². The molecule has 0 aliphatic rings. The van der Waals surface area contributed by atoms with Crippen molar-refractivity contribution in [1.29, 1.82) is 0 Å². The lowest BCUT2D eigenvalue weighted by Gasteiger charge is -2.23. The van der Waals surface area contributed by atoms with E-state index in [1.54, 1.807) is 0 Å². The molecular formula is C25H32N6O2S. The molecule has 0 aliphatic carbocycles. The molecule has 0 bridgehead atoms. The van der Waals surface area contributed by atoms with Gasteiger partial charge in [0.2, 0.25) is 11.0 Å². The molecule has 3 amide bonds. The van der Waals surface area contributed by atoms with Gasteiger partial charge in [-0.3, -0.25) is 10.1 Å². The number of nitrogens with one attached hydrogen (secondary N) is 3. The number of anilines is 3. The van der Waals surface area contributed by atoms with Crippen LogP contribution >= 0.6 is 11.3 Å². The molecule has 3 N–H and O–H groups in total. The molecule has 3 aromatic rings. The molecule has 0 aliphatic heterocycles. The van der Waals surface area contributed by atoms with Crippen molar-refractivity contribution in [3.8, 4) is 10.6 Å². The first kappa shape index (κ1) is 25.2. The smallest absolute Gasteiger partial charge is 0.319 e. The van der Waals surface area contributed by atoms with Crippen molar-refractivity contribution < 1.29 is 9.59 Å². The first-order chi connectivity index (χ1) is 16.3. The standard InChI is InChI=1S/C25H32N6O2S/c1-6-16(3)21(27-24(33)26-20-11-9-8-10-17(20)7-2)22(32)28-25-30-29-23(34-25)18-12-14-19(15-13-18)31(4)5/h8-16,21H,6-7H2,1-5H3,(H2,26,27,33)(H,28,30,32). The average molecular weight is 481 g/mol. The molecule has 180 valence electrons. The van der Waals surface area contributed by atoms with Gasteiger partial charge in [-0.1, -0.05) is 56.7 Å². The van der Waals surface area contributed by atoms with Crippen LogP contribution in [0.1, 0.15) is 32.8 Å². The maximum absolute atomic E-state index is 13.1. The monoisotopic (exact) mass is 480 g/mol. The summed E-state index contributed by atoms with van der Waals surface area (Å²) in [4.78, 5) is 27.8. The predicted octanol–water partition coefficient (Wildman–Crippen LogP) is 5.01. The maximum atomic E-state index is 13.1. The van der Waals surface area contributed by atoms with E-state index in [-0.39, 0.29) is 11.8 Å². The van der Waals surface area contributed by atoms with Crippen molar-refractivity contribution in [3.05, 3.63) is 54.1 Å². The number of carbonyl (C=O) groups is 2. The van der Waals surface area contributed by atoms with E-state index >= 15 is 0 Å². The predicted molar refractivity (Wildman–Crippen MR) is 140 cm³/mol. The molecule has 0 radical (unpaired) electrons. The molecular weight excluding hydrogens is 448 g/mol. The van der Waals surface area contributed by atoms with Gasteiger partial charge in [-0.2, -0.15) is 0 Å². The van der Waals surface area contributed by atoms with Gasteiger partial charge in [-0.05, 0) is 48.2 Å². The van der Waals surface area contributed by atoms with Gasteiger partial charge in [-0.15, -0.1) is 10.2 Å². The van der Waals surface area contributed by atoms with E-state index in [0.29, 0.717) is 10.1 Å². The number of aromatic nitrogens is 2. The Kier molecular flexibility index (Phi) is 8.59. The third-order valence-corrected chi connectivity index (χ3v) is 6.60.